The van der Waals surface area contributed by atoms with Crippen LogP contribution in [0.25, 0.3) is 0 Å². The summed E-state index contributed by atoms with van der Waals surface area (Å²) < 4.78 is 39.5. The number of benzene rings is 1. The molecule has 0 radical (unpaired) electrons. The summed E-state index contributed by atoms with van der Waals surface area (Å²) in [4.78, 5) is 22.9. The van der Waals surface area contributed by atoms with Gasteiger partial charge in [0.05, 0.1) is 11.3 Å². The minimum Gasteiger partial charge on any atom is -0.326 e. The van der Waals surface area contributed by atoms with Crippen molar-refractivity contribution in [2.75, 3.05) is 10.6 Å². The van der Waals surface area contributed by atoms with Gasteiger partial charge in [0.2, 0.25) is 11.8 Å². The normalized spacial score (nSPS) is 15.5. The highest BCUT2D eigenvalue weighted by molar-refractivity contribution is 5.93. The molecule has 2 rings (SSSR count). The zero-order valence-electron chi connectivity index (χ0n) is 12.8. The molecule has 0 saturated heterocycles. The third kappa shape index (κ3) is 4.97. The molecule has 7 heteroatoms. The van der Waals surface area contributed by atoms with E-state index >= 15 is 0 Å². The quantitative estimate of drug-likeness (QED) is 0.871. The number of alkyl halides is 3. The number of hydrogen-bond acceptors (Lipinski definition) is 2. The molecule has 1 aromatic rings. The zero-order chi connectivity index (χ0) is 17.0. The highest BCUT2D eigenvalue weighted by Crippen LogP contribution is 2.37. The van der Waals surface area contributed by atoms with Crippen LogP contribution in [0, 0.1) is 5.92 Å². The Balaban J connectivity index is 2.15. The summed E-state index contributed by atoms with van der Waals surface area (Å²) in [5, 5.41) is 4.66. The molecule has 1 saturated carbocycles. The highest BCUT2D eigenvalue weighted by Gasteiger charge is 2.34. The van der Waals surface area contributed by atoms with Crippen LogP contribution >= 0.6 is 0 Å². The molecular formula is C16H19F3N2O2. The maximum atomic E-state index is 13.2. The smallest absolute Gasteiger partial charge is 0.326 e. The SMILES string of the molecule is CC(=O)Nc1ccc(NC(=O)CC2CCCC2)c(C(F)(F)F)c1. The van der Waals surface area contributed by atoms with E-state index in [0.717, 1.165) is 31.7 Å². The number of anilines is 2. The van der Waals surface area contributed by atoms with Gasteiger partial charge in [0.15, 0.2) is 0 Å². The molecule has 2 N–H and O–H groups in total. The van der Waals surface area contributed by atoms with Gasteiger partial charge in [-0.15, -0.1) is 0 Å². The number of halogens is 3. The van der Waals surface area contributed by atoms with E-state index in [1.165, 1.54) is 19.1 Å². The van der Waals surface area contributed by atoms with Gasteiger partial charge in [-0.05, 0) is 37.0 Å². The summed E-state index contributed by atoms with van der Waals surface area (Å²) in [6, 6.07) is 3.33. The molecule has 2 amide bonds. The molecule has 1 aliphatic carbocycles. The molecule has 4 nitrogen and oxygen atoms in total. The Morgan fingerprint density at radius 1 is 1.17 bits per heavy atom. The van der Waals surface area contributed by atoms with Crippen molar-refractivity contribution in [3.05, 3.63) is 23.8 Å². The lowest BCUT2D eigenvalue weighted by Crippen LogP contribution is -2.19. The van der Waals surface area contributed by atoms with Crippen molar-refractivity contribution in [3.63, 3.8) is 0 Å². The first-order valence-electron chi connectivity index (χ1n) is 7.54. The summed E-state index contributed by atoms with van der Waals surface area (Å²) in [5.74, 6) is -0.617. The van der Waals surface area contributed by atoms with E-state index in [2.05, 4.69) is 10.6 Å². The monoisotopic (exact) mass is 328 g/mol. The van der Waals surface area contributed by atoms with E-state index < -0.39 is 23.6 Å². The van der Waals surface area contributed by atoms with E-state index in [9.17, 15) is 22.8 Å². The second-order valence-corrected chi connectivity index (χ2v) is 5.84. The minimum absolute atomic E-state index is 0.0404. The minimum atomic E-state index is -4.62. The number of amides is 2. The van der Waals surface area contributed by atoms with Gasteiger partial charge in [-0.25, -0.2) is 0 Å². The Morgan fingerprint density at radius 2 is 1.83 bits per heavy atom. The second-order valence-electron chi connectivity index (χ2n) is 5.84. The maximum absolute atomic E-state index is 13.2. The Kier molecular flexibility index (Phi) is 5.28. The lowest BCUT2D eigenvalue weighted by molar-refractivity contribution is -0.137. The molecule has 0 unspecified atom stereocenters. The van der Waals surface area contributed by atoms with Crippen LogP contribution < -0.4 is 10.6 Å². The second kappa shape index (κ2) is 7.02. The topological polar surface area (TPSA) is 58.2 Å². The molecule has 1 aliphatic rings. The van der Waals surface area contributed by atoms with Crippen molar-refractivity contribution in [2.45, 2.75) is 45.2 Å². The van der Waals surface area contributed by atoms with Gasteiger partial charge in [-0.2, -0.15) is 13.2 Å². The summed E-state index contributed by atoms with van der Waals surface area (Å²) in [5.41, 5.74) is -1.21. The van der Waals surface area contributed by atoms with Gasteiger partial charge in [0, 0.05) is 19.0 Å². The molecule has 23 heavy (non-hydrogen) atoms. The molecule has 1 fully saturated rings. The van der Waals surface area contributed by atoms with Crippen LogP contribution in [0.4, 0.5) is 24.5 Å². The molecule has 1 aromatic carbocycles. The predicted molar refractivity (Wildman–Crippen MR) is 81.0 cm³/mol. The fraction of sp³-hybridized carbons (Fsp3) is 0.500. The summed E-state index contributed by atoms with van der Waals surface area (Å²) in [6.45, 7) is 1.21. The van der Waals surface area contributed by atoms with Crippen molar-refractivity contribution < 1.29 is 22.8 Å². The summed E-state index contributed by atoms with van der Waals surface area (Å²) in [6.07, 6.45) is -0.356. The van der Waals surface area contributed by atoms with Gasteiger partial charge in [-0.1, -0.05) is 12.8 Å². The van der Waals surface area contributed by atoms with Crippen molar-refractivity contribution in [1.29, 1.82) is 0 Å². The number of carbonyl (C=O) groups is 2. The van der Waals surface area contributed by atoms with Crippen molar-refractivity contribution in [3.8, 4) is 0 Å². The third-order valence-corrected chi connectivity index (χ3v) is 3.87. The molecule has 126 valence electrons. The third-order valence-electron chi connectivity index (χ3n) is 3.87. The fourth-order valence-electron chi connectivity index (χ4n) is 2.85. The zero-order valence-corrected chi connectivity index (χ0v) is 12.8. The molecule has 0 spiro atoms. The number of nitrogens with one attached hydrogen (secondary N) is 2. The van der Waals surface area contributed by atoms with Crippen LogP contribution in [0.1, 0.15) is 44.6 Å². The van der Waals surface area contributed by atoms with Crippen LogP contribution in [-0.2, 0) is 15.8 Å². The van der Waals surface area contributed by atoms with Crippen LogP contribution in [0.2, 0.25) is 0 Å². The van der Waals surface area contributed by atoms with Crippen LogP contribution in [-0.4, -0.2) is 11.8 Å². The largest absolute Gasteiger partial charge is 0.418 e. The van der Waals surface area contributed by atoms with Gasteiger partial charge in [0.25, 0.3) is 0 Å². The van der Waals surface area contributed by atoms with Gasteiger partial charge in [0.1, 0.15) is 0 Å². The van der Waals surface area contributed by atoms with E-state index in [0.29, 0.717) is 0 Å². The molecular weight excluding hydrogens is 309 g/mol. The number of carbonyl (C=O) groups excluding carboxylic acids is 2. The molecule has 0 aliphatic heterocycles. The van der Waals surface area contributed by atoms with Gasteiger partial charge >= 0.3 is 6.18 Å². The average molecular weight is 328 g/mol. The lowest BCUT2D eigenvalue weighted by Gasteiger charge is -2.16. The first-order chi connectivity index (χ1) is 10.8. The Hall–Kier alpha value is -2.05. The van der Waals surface area contributed by atoms with E-state index in [-0.39, 0.29) is 23.7 Å². The van der Waals surface area contributed by atoms with Crippen molar-refractivity contribution in [2.24, 2.45) is 5.92 Å². The predicted octanol–water partition coefficient (Wildman–Crippen LogP) is 4.18. The van der Waals surface area contributed by atoms with E-state index in [4.69, 9.17) is 0 Å². The highest BCUT2D eigenvalue weighted by atomic mass is 19.4. The van der Waals surface area contributed by atoms with Gasteiger partial charge in [-0.3, -0.25) is 9.59 Å². The first kappa shape index (κ1) is 17.3. The molecule has 0 heterocycles. The molecule has 0 aromatic heterocycles. The standard InChI is InChI=1S/C16H19F3N2O2/c1-10(22)20-12-6-7-14(13(9-12)16(17,18)19)21-15(23)8-11-4-2-3-5-11/h6-7,9,11H,2-5,8H2,1H3,(H,20,22)(H,21,23). The Labute approximate surface area is 132 Å². The number of rotatable bonds is 4. The van der Waals surface area contributed by atoms with Crippen LogP contribution in [0.15, 0.2) is 18.2 Å². The van der Waals surface area contributed by atoms with E-state index in [1.807, 2.05) is 0 Å². The van der Waals surface area contributed by atoms with Gasteiger partial charge < -0.3 is 10.6 Å². The van der Waals surface area contributed by atoms with Crippen molar-refractivity contribution >= 4 is 23.2 Å². The average Bonchev–Trinajstić information content (AvgIpc) is 2.91. The maximum Gasteiger partial charge on any atom is 0.418 e. The van der Waals surface area contributed by atoms with Crippen LogP contribution in [0.3, 0.4) is 0 Å². The Morgan fingerprint density at radius 3 is 2.39 bits per heavy atom. The fourth-order valence-corrected chi connectivity index (χ4v) is 2.85. The lowest BCUT2D eigenvalue weighted by atomic mass is 10.0. The summed E-state index contributed by atoms with van der Waals surface area (Å²) >= 11 is 0. The van der Waals surface area contributed by atoms with Crippen LogP contribution in [0.5, 0.6) is 0 Å². The Bertz CT molecular complexity index is 593. The molecule has 0 atom stereocenters. The molecule has 0 bridgehead atoms. The first-order valence-corrected chi connectivity index (χ1v) is 7.54. The van der Waals surface area contributed by atoms with Crippen molar-refractivity contribution in [1.82, 2.24) is 0 Å². The summed E-state index contributed by atoms with van der Waals surface area (Å²) in [7, 11) is 0. The number of hydrogen-bond donors (Lipinski definition) is 2. The van der Waals surface area contributed by atoms with E-state index in [1.54, 1.807) is 0 Å².